The Balaban J connectivity index is 0.000000614. The van der Waals surface area contributed by atoms with Gasteiger partial charge in [-0.2, -0.15) is 65.9 Å². The molecule has 56 heavy (non-hydrogen) atoms. The van der Waals surface area contributed by atoms with E-state index in [1.807, 2.05) is 0 Å². The molecule has 0 aliphatic rings. The minimum Gasteiger partial charge on any atom is -0.465 e. The van der Waals surface area contributed by atoms with Crippen molar-refractivity contribution in [1.29, 1.82) is 0 Å². The van der Waals surface area contributed by atoms with Crippen molar-refractivity contribution in [2.24, 2.45) is 0 Å². The Bertz CT molecular complexity index is 1680. The van der Waals surface area contributed by atoms with E-state index >= 15 is 0 Å². The number of halogens is 15. The SMILES string of the molecule is C=C(C(=O)OC(c1cc(OC(C)OCC)cc(C(C)(C)O)c1)(C(F)(F)F)C(F)(F)F)C(F)(F)F.C=Cc1cc(C(C)(C)O)cc(C(O)(C(F)(F)F)C(F)(F)F)c1. The molecular formula is C34H35F15O7. The highest BCUT2D eigenvalue weighted by Crippen LogP contribution is 2.55. The number of aliphatic hydroxyl groups is 3. The van der Waals surface area contributed by atoms with Crippen LogP contribution in [-0.4, -0.2) is 65.1 Å². The first-order chi connectivity index (χ1) is 24.7. The van der Waals surface area contributed by atoms with Crippen molar-refractivity contribution in [3.05, 3.63) is 82.9 Å². The molecule has 3 N–H and O–H groups in total. The molecule has 0 aliphatic heterocycles. The normalized spacial score (nSPS) is 14.4. The molecule has 0 saturated carbocycles. The summed E-state index contributed by atoms with van der Waals surface area (Å²) in [4.78, 5) is 11.8. The summed E-state index contributed by atoms with van der Waals surface area (Å²) in [6, 6.07) is 3.46. The predicted octanol–water partition coefficient (Wildman–Crippen LogP) is 9.53. The van der Waals surface area contributed by atoms with E-state index < -0.39 is 93.6 Å². The summed E-state index contributed by atoms with van der Waals surface area (Å²) in [6.07, 6.45) is -30.8. The Morgan fingerprint density at radius 1 is 0.679 bits per heavy atom. The van der Waals surface area contributed by atoms with Crippen molar-refractivity contribution in [3.63, 3.8) is 0 Å². The number of alkyl halides is 15. The van der Waals surface area contributed by atoms with Crippen LogP contribution in [0.4, 0.5) is 65.9 Å². The maximum atomic E-state index is 14.0. The highest BCUT2D eigenvalue weighted by molar-refractivity contribution is 5.89. The van der Waals surface area contributed by atoms with Crippen molar-refractivity contribution < 1.29 is 100 Å². The number of carbonyl (C=O) groups is 1. The largest absolute Gasteiger partial charge is 0.465 e. The lowest BCUT2D eigenvalue weighted by Crippen LogP contribution is -2.57. The molecule has 0 heterocycles. The minimum atomic E-state index is -6.51. The monoisotopic (exact) mass is 840 g/mol. The third kappa shape index (κ3) is 11.1. The maximum absolute atomic E-state index is 14.0. The fourth-order valence-corrected chi connectivity index (χ4v) is 4.48. The second kappa shape index (κ2) is 16.5. The number of esters is 1. The first-order valence-electron chi connectivity index (χ1n) is 15.4. The minimum absolute atomic E-state index is 0.0470. The third-order valence-electron chi connectivity index (χ3n) is 7.49. The van der Waals surface area contributed by atoms with Crippen molar-refractivity contribution >= 4 is 12.0 Å². The van der Waals surface area contributed by atoms with E-state index in [0.29, 0.717) is 12.1 Å². The number of rotatable bonds is 11. The van der Waals surface area contributed by atoms with Gasteiger partial charge in [0, 0.05) is 17.7 Å². The first-order valence-corrected chi connectivity index (χ1v) is 15.4. The lowest BCUT2D eigenvalue weighted by Gasteiger charge is -2.38. The van der Waals surface area contributed by atoms with Gasteiger partial charge in [-0.1, -0.05) is 19.2 Å². The van der Waals surface area contributed by atoms with Gasteiger partial charge in [0.2, 0.25) is 0 Å². The van der Waals surface area contributed by atoms with E-state index in [0.717, 1.165) is 26.0 Å². The fraction of sp³-hybridized carbons (Fsp3) is 0.500. The van der Waals surface area contributed by atoms with E-state index in [-0.39, 0.29) is 29.9 Å². The van der Waals surface area contributed by atoms with Gasteiger partial charge in [0.15, 0.2) is 6.29 Å². The lowest BCUT2D eigenvalue weighted by atomic mass is 9.86. The molecule has 2 aromatic carbocycles. The molecule has 1 unspecified atom stereocenters. The summed E-state index contributed by atoms with van der Waals surface area (Å²) < 4.78 is 213. The van der Waals surface area contributed by atoms with Gasteiger partial charge >= 0.3 is 42.5 Å². The van der Waals surface area contributed by atoms with Crippen LogP contribution >= 0.6 is 0 Å². The molecule has 2 aromatic rings. The zero-order valence-corrected chi connectivity index (χ0v) is 29.9. The molecule has 0 radical (unpaired) electrons. The van der Waals surface area contributed by atoms with Crippen LogP contribution in [0.2, 0.25) is 0 Å². The maximum Gasteiger partial charge on any atom is 0.442 e. The predicted molar refractivity (Wildman–Crippen MR) is 166 cm³/mol. The molecule has 0 aromatic heterocycles. The van der Waals surface area contributed by atoms with Gasteiger partial charge in [0.1, 0.15) is 11.3 Å². The van der Waals surface area contributed by atoms with Crippen LogP contribution in [0, 0.1) is 0 Å². The van der Waals surface area contributed by atoms with Gasteiger partial charge in [-0.15, -0.1) is 0 Å². The van der Waals surface area contributed by atoms with Crippen molar-refractivity contribution in [2.75, 3.05) is 6.61 Å². The van der Waals surface area contributed by atoms with Crippen LogP contribution in [0.25, 0.3) is 6.08 Å². The van der Waals surface area contributed by atoms with Gasteiger partial charge in [-0.25, -0.2) is 4.79 Å². The average Bonchev–Trinajstić information content (AvgIpc) is 2.99. The molecule has 0 fully saturated rings. The number of ether oxygens (including phenoxy) is 3. The summed E-state index contributed by atoms with van der Waals surface area (Å²) in [5.41, 5.74) is -21.1. The van der Waals surface area contributed by atoms with Gasteiger partial charge in [0.25, 0.3) is 5.60 Å². The van der Waals surface area contributed by atoms with Crippen LogP contribution in [0.3, 0.4) is 0 Å². The standard InChI is InChI=1S/C20H21F9O5.C14H14F6O2/c1-6-32-11(3)33-14-8-12(16(4,5)31)7-13(9-14)17(19(24,25)26,20(27,28)29)34-15(30)10(2)18(21,22)23;1-4-8-5-9(11(2,3)21)7-10(6-8)12(22,13(15,16)17)14(18,19)20/h7-9,11,31H,2,6H2,1,3-5H3;4-7,21-22H,1H2,2-3H3. The van der Waals surface area contributed by atoms with Gasteiger partial charge in [0.05, 0.1) is 11.2 Å². The quantitative estimate of drug-likeness (QED) is 0.0897. The summed E-state index contributed by atoms with van der Waals surface area (Å²) in [5.74, 6) is -3.68. The summed E-state index contributed by atoms with van der Waals surface area (Å²) in [7, 11) is 0. The molecule has 0 bridgehead atoms. The molecule has 0 spiro atoms. The number of benzene rings is 2. The highest BCUT2D eigenvalue weighted by atomic mass is 19.4. The van der Waals surface area contributed by atoms with Crippen LogP contribution in [0.1, 0.15) is 69.4 Å². The number of hydrogen-bond acceptors (Lipinski definition) is 7. The molecule has 0 amide bonds. The van der Waals surface area contributed by atoms with Gasteiger partial charge < -0.3 is 29.5 Å². The Labute approximate surface area is 309 Å². The Hall–Kier alpha value is -4.02. The van der Waals surface area contributed by atoms with E-state index in [1.165, 1.54) is 33.8 Å². The summed E-state index contributed by atoms with van der Waals surface area (Å²) >= 11 is 0. The van der Waals surface area contributed by atoms with E-state index in [1.54, 1.807) is 0 Å². The van der Waals surface area contributed by atoms with Crippen LogP contribution in [0.15, 0.2) is 55.1 Å². The molecule has 0 aliphatic carbocycles. The van der Waals surface area contributed by atoms with E-state index in [2.05, 4.69) is 17.9 Å². The van der Waals surface area contributed by atoms with Crippen LogP contribution in [0.5, 0.6) is 5.75 Å². The summed E-state index contributed by atoms with van der Waals surface area (Å²) in [5, 5.41) is 29.4. The van der Waals surface area contributed by atoms with E-state index in [4.69, 9.17) is 9.47 Å². The smallest absolute Gasteiger partial charge is 0.442 e. The molecule has 7 nitrogen and oxygen atoms in total. The van der Waals surface area contributed by atoms with Crippen molar-refractivity contribution in [3.8, 4) is 5.75 Å². The number of carbonyl (C=O) groups excluding carboxylic acids is 1. The average molecular weight is 841 g/mol. The first kappa shape index (κ1) is 50.0. The Morgan fingerprint density at radius 3 is 1.43 bits per heavy atom. The molecular weight excluding hydrogens is 805 g/mol. The summed E-state index contributed by atoms with van der Waals surface area (Å²) in [6.45, 7) is 12.7. The van der Waals surface area contributed by atoms with Crippen molar-refractivity contribution in [1.82, 2.24) is 0 Å². The zero-order chi connectivity index (χ0) is 44.5. The molecule has 1 atom stereocenters. The lowest BCUT2D eigenvalue weighted by molar-refractivity contribution is -0.377. The van der Waals surface area contributed by atoms with Crippen molar-refractivity contribution in [2.45, 2.75) is 101 Å². The molecule has 0 saturated heterocycles. The highest BCUT2D eigenvalue weighted by Gasteiger charge is 2.76. The second-order valence-corrected chi connectivity index (χ2v) is 12.8. The Morgan fingerprint density at radius 2 is 1.07 bits per heavy atom. The fourth-order valence-electron chi connectivity index (χ4n) is 4.48. The third-order valence-corrected chi connectivity index (χ3v) is 7.49. The molecule has 2 rings (SSSR count). The zero-order valence-electron chi connectivity index (χ0n) is 29.9. The van der Waals surface area contributed by atoms with Gasteiger partial charge in [-0.05, 0) is 94.6 Å². The number of hydrogen-bond donors (Lipinski definition) is 3. The van der Waals surface area contributed by atoms with Crippen LogP contribution < -0.4 is 4.74 Å². The second-order valence-electron chi connectivity index (χ2n) is 12.8. The Kier molecular flexibility index (Phi) is 14.7. The van der Waals surface area contributed by atoms with E-state index in [9.17, 15) is 86.0 Å². The topological polar surface area (TPSA) is 105 Å². The molecule has 318 valence electrons. The van der Waals surface area contributed by atoms with Crippen LogP contribution in [-0.2, 0) is 36.7 Å². The van der Waals surface area contributed by atoms with Gasteiger partial charge in [-0.3, -0.25) is 0 Å². The molecule has 22 heteroatoms.